The second-order valence-electron chi connectivity index (χ2n) is 7.22. The zero-order valence-corrected chi connectivity index (χ0v) is 15.7. The molecule has 2 aliphatic heterocycles. The number of hydrogen-bond acceptors (Lipinski definition) is 5. The van der Waals surface area contributed by atoms with Gasteiger partial charge in [-0.05, 0) is 37.1 Å². The minimum Gasteiger partial charge on any atom is -0.454 e. The fraction of sp³-hybridized carbons (Fsp3) is 0.400. The summed E-state index contributed by atoms with van der Waals surface area (Å²) in [5, 5.41) is 11.5. The van der Waals surface area contributed by atoms with E-state index in [-0.39, 0.29) is 17.4 Å². The predicted molar refractivity (Wildman–Crippen MR) is 102 cm³/mol. The van der Waals surface area contributed by atoms with Crippen molar-refractivity contribution in [3.8, 4) is 11.5 Å². The lowest BCUT2D eigenvalue weighted by atomic mass is 10.1. The number of piperazine rings is 1. The molecule has 0 aromatic heterocycles. The van der Waals surface area contributed by atoms with E-state index in [9.17, 15) is 10.1 Å². The normalized spacial score (nSPS) is 16.6. The maximum atomic E-state index is 11.5. The van der Waals surface area contributed by atoms with Gasteiger partial charge in [0.05, 0.1) is 42.7 Å². The van der Waals surface area contributed by atoms with Crippen LogP contribution in [0.15, 0.2) is 30.3 Å². The standard InChI is InChI=1S/C20H23N3O4/c1-14-4-3-5-17(15(14)2)22-8-6-21(7-9-22)12-16-10-19-20(27-13-26-19)11-18(16)23(24)25/h3-5,10-11H,6-9,12-13H2,1-2H3/p+1. The molecule has 142 valence electrons. The van der Waals surface area contributed by atoms with Crippen molar-refractivity contribution >= 4 is 11.4 Å². The summed E-state index contributed by atoms with van der Waals surface area (Å²) >= 11 is 0. The van der Waals surface area contributed by atoms with E-state index in [1.54, 1.807) is 6.07 Å². The number of quaternary nitrogens is 1. The van der Waals surface area contributed by atoms with Crippen LogP contribution in [0.4, 0.5) is 11.4 Å². The number of nitro groups is 1. The zero-order valence-electron chi connectivity index (χ0n) is 15.7. The first-order valence-electron chi connectivity index (χ1n) is 9.24. The van der Waals surface area contributed by atoms with Crippen LogP contribution in [0.5, 0.6) is 11.5 Å². The number of nitrogens with one attached hydrogen (secondary N) is 1. The minimum atomic E-state index is -0.330. The first-order valence-corrected chi connectivity index (χ1v) is 9.24. The van der Waals surface area contributed by atoms with Crippen molar-refractivity contribution in [3.05, 3.63) is 57.1 Å². The fourth-order valence-electron chi connectivity index (χ4n) is 3.87. The van der Waals surface area contributed by atoms with Crippen LogP contribution in [-0.4, -0.2) is 37.9 Å². The average molecular weight is 370 g/mol. The lowest BCUT2D eigenvalue weighted by Gasteiger charge is -2.34. The number of nitro benzene ring substituents is 1. The molecule has 4 rings (SSSR count). The van der Waals surface area contributed by atoms with Crippen molar-refractivity contribution < 1.29 is 19.3 Å². The number of ether oxygens (including phenoxy) is 2. The van der Waals surface area contributed by atoms with Gasteiger partial charge >= 0.3 is 0 Å². The van der Waals surface area contributed by atoms with Gasteiger partial charge in [-0.2, -0.15) is 0 Å². The smallest absolute Gasteiger partial charge is 0.282 e. The highest BCUT2D eigenvalue weighted by Gasteiger charge is 2.28. The van der Waals surface area contributed by atoms with E-state index in [0.29, 0.717) is 23.6 Å². The highest BCUT2D eigenvalue weighted by atomic mass is 16.7. The van der Waals surface area contributed by atoms with Crippen molar-refractivity contribution in [2.24, 2.45) is 0 Å². The van der Waals surface area contributed by atoms with Gasteiger partial charge in [0.2, 0.25) is 6.79 Å². The molecule has 0 saturated carbocycles. The Morgan fingerprint density at radius 1 is 1.15 bits per heavy atom. The molecule has 2 heterocycles. The Morgan fingerprint density at radius 3 is 2.56 bits per heavy atom. The maximum absolute atomic E-state index is 11.5. The number of nitrogens with zero attached hydrogens (tertiary/aromatic N) is 2. The molecule has 7 nitrogen and oxygen atoms in total. The number of benzene rings is 2. The molecule has 0 bridgehead atoms. The Morgan fingerprint density at radius 2 is 1.85 bits per heavy atom. The molecule has 2 aromatic carbocycles. The van der Waals surface area contributed by atoms with Crippen LogP contribution in [0, 0.1) is 24.0 Å². The van der Waals surface area contributed by atoms with E-state index in [0.717, 1.165) is 26.2 Å². The summed E-state index contributed by atoms with van der Waals surface area (Å²) in [6.07, 6.45) is 0. The highest BCUT2D eigenvalue weighted by molar-refractivity contribution is 5.56. The monoisotopic (exact) mass is 370 g/mol. The first-order chi connectivity index (χ1) is 13.0. The van der Waals surface area contributed by atoms with Crippen LogP contribution in [0.3, 0.4) is 0 Å². The molecule has 1 fully saturated rings. The van der Waals surface area contributed by atoms with Gasteiger partial charge in [-0.25, -0.2) is 0 Å². The van der Waals surface area contributed by atoms with Crippen LogP contribution in [0.1, 0.15) is 16.7 Å². The molecule has 27 heavy (non-hydrogen) atoms. The Labute approximate surface area is 158 Å². The van der Waals surface area contributed by atoms with Gasteiger partial charge < -0.3 is 19.3 Å². The average Bonchev–Trinajstić information content (AvgIpc) is 3.11. The van der Waals surface area contributed by atoms with E-state index in [1.165, 1.54) is 27.8 Å². The third kappa shape index (κ3) is 3.42. The van der Waals surface area contributed by atoms with Gasteiger partial charge in [0.15, 0.2) is 11.5 Å². The van der Waals surface area contributed by atoms with Crippen LogP contribution in [0.25, 0.3) is 0 Å². The van der Waals surface area contributed by atoms with Crippen molar-refractivity contribution in [1.29, 1.82) is 0 Å². The van der Waals surface area contributed by atoms with E-state index in [4.69, 9.17) is 9.47 Å². The van der Waals surface area contributed by atoms with Gasteiger partial charge in [0.1, 0.15) is 6.54 Å². The van der Waals surface area contributed by atoms with Crippen LogP contribution in [-0.2, 0) is 6.54 Å². The van der Waals surface area contributed by atoms with Crippen molar-refractivity contribution in [2.45, 2.75) is 20.4 Å². The van der Waals surface area contributed by atoms with Crippen molar-refractivity contribution in [1.82, 2.24) is 0 Å². The third-order valence-corrected chi connectivity index (χ3v) is 5.60. The van der Waals surface area contributed by atoms with Crippen LogP contribution < -0.4 is 19.3 Å². The Balaban J connectivity index is 1.47. The zero-order chi connectivity index (χ0) is 19.0. The molecule has 0 amide bonds. The topological polar surface area (TPSA) is 69.3 Å². The number of hydrogen-bond donors (Lipinski definition) is 1. The fourth-order valence-corrected chi connectivity index (χ4v) is 3.87. The molecule has 0 atom stereocenters. The van der Waals surface area contributed by atoms with E-state index in [2.05, 4.69) is 36.9 Å². The van der Waals surface area contributed by atoms with Gasteiger partial charge in [-0.1, -0.05) is 12.1 Å². The predicted octanol–water partition coefficient (Wildman–Crippen LogP) is 1.85. The molecule has 2 aromatic rings. The molecule has 1 N–H and O–H groups in total. The summed E-state index contributed by atoms with van der Waals surface area (Å²) in [5.74, 6) is 1.06. The summed E-state index contributed by atoms with van der Waals surface area (Å²) in [7, 11) is 0. The first kappa shape index (κ1) is 17.6. The third-order valence-electron chi connectivity index (χ3n) is 5.60. The molecule has 0 radical (unpaired) electrons. The SMILES string of the molecule is Cc1cccc(N2CC[NH+](Cc3cc4c(cc3[N+](=O)[O-])OCO4)CC2)c1C. The Hall–Kier alpha value is -2.80. The van der Waals surface area contributed by atoms with E-state index < -0.39 is 0 Å². The lowest BCUT2D eigenvalue weighted by molar-refractivity contribution is -0.914. The Bertz CT molecular complexity index is 876. The van der Waals surface area contributed by atoms with Gasteiger partial charge in [-0.3, -0.25) is 10.1 Å². The van der Waals surface area contributed by atoms with Gasteiger partial charge in [0.25, 0.3) is 5.69 Å². The molecular formula is C20H24N3O4+. The number of aryl methyl sites for hydroxylation is 1. The summed E-state index contributed by atoms with van der Waals surface area (Å²) in [6, 6.07) is 9.68. The summed E-state index contributed by atoms with van der Waals surface area (Å²) in [6.45, 7) is 8.82. The van der Waals surface area contributed by atoms with Gasteiger partial charge in [0, 0.05) is 5.69 Å². The highest BCUT2D eigenvalue weighted by Crippen LogP contribution is 2.37. The molecule has 2 aliphatic rings. The van der Waals surface area contributed by atoms with Crippen molar-refractivity contribution in [3.63, 3.8) is 0 Å². The van der Waals surface area contributed by atoms with E-state index >= 15 is 0 Å². The summed E-state index contributed by atoms with van der Waals surface area (Å²) < 4.78 is 10.7. The quantitative estimate of drug-likeness (QED) is 0.657. The molecule has 0 unspecified atom stereocenters. The van der Waals surface area contributed by atoms with Crippen LogP contribution >= 0.6 is 0 Å². The molecule has 1 saturated heterocycles. The Kier molecular flexibility index (Phi) is 4.61. The molecule has 0 spiro atoms. The molecular weight excluding hydrogens is 346 g/mol. The molecule has 0 aliphatic carbocycles. The second kappa shape index (κ2) is 7.08. The summed E-state index contributed by atoms with van der Waals surface area (Å²) in [4.78, 5) is 14.9. The number of anilines is 1. The van der Waals surface area contributed by atoms with Crippen molar-refractivity contribution in [2.75, 3.05) is 37.9 Å². The van der Waals surface area contributed by atoms with Gasteiger partial charge in [-0.15, -0.1) is 0 Å². The molecule has 7 heteroatoms. The second-order valence-corrected chi connectivity index (χ2v) is 7.22. The number of fused-ring (bicyclic) bond motifs is 1. The maximum Gasteiger partial charge on any atom is 0.282 e. The number of rotatable bonds is 4. The minimum absolute atomic E-state index is 0.115. The van der Waals surface area contributed by atoms with E-state index in [1.807, 2.05) is 0 Å². The summed E-state index contributed by atoms with van der Waals surface area (Å²) in [5.41, 5.74) is 4.75. The van der Waals surface area contributed by atoms with Crippen LogP contribution in [0.2, 0.25) is 0 Å². The lowest BCUT2D eigenvalue weighted by Crippen LogP contribution is -3.13. The largest absolute Gasteiger partial charge is 0.454 e.